The molecule has 154 valence electrons. The van der Waals surface area contributed by atoms with E-state index in [4.69, 9.17) is 8.83 Å². The minimum absolute atomic E-state index is 0.848. The topological polar surface area (TPSA) is 35.1 Å². The second-order valence-corrected chi connectivity index (χ2v) is 8.64. The molecule has 0 saturated heterocycles. The van der Waals surface area contributed by atoms with E-state index in [1.54, 1.807) is 6.26 Å². The highest BCUT2D eigenvalue weighted by molar-refractivity contribution is 6.18. The van der Waals surface area contributed by atoms with Gasteiger partial charge in [-0.25, -0.2) is 4.57 Å². The molecular formula is C28H21N2O2+. The number of aromatic nitrogens is 2. The Morgan fingerprint density at radius 2 is 1.66 bits per heavy atom. The van der Waals surface area contributed by atoms with E-state index >= 15 is 0 Å². The molecule has 0 saturated carbocycles. The van der Waals surface area contributed by atoms with E-state index in [-0.39, 0.29) is 0 Å². The van der Waals surface area contributed by atoms with Crippen LogP contribution in [0, 0.1) is 13.8 Å². The molecule has 0 fully saturated rings. The first-order chi connectivity index (χ1) is 15.6. The minimum atomic E-state index is 0.848. The first-order valence-corrected chi connectivity index (χ1v) is 10.8. The molecule has 0 N–H and O–H groups in total. The lowest BCUT2D eigenvalue weighted by molar-refractivity contribution is -0.652. The zero-order valence-electron chi connectivity index (χ0n) is 18.1. The fourth-order valence-corrected chi connectivity index (χ4v) is 5.10. The van der Waals surface area contributed by atoms with Gasteiger partial charge in [0, 0.05) is 40.6 Å². The first-order valence-electron chi connectivity index (χ1n) is 10.8. The molecule has 0 atom stereocenters. The van der Waals surface area contributed by atoms with Crippen molar-refractivity contribution in [3.8, 4) is 5.69 Å². The number of para-hydroxylation sites is 1. The largest absolute Gasteiger partial charge is 0.464 e. The summed E-state index contributed by atoms with van der Waals surface area (Å²) in [6.45, 7) is 4.33. The van der Waals surface area contributed by atoms with Crippen molar-refractivity contribution in [2.75, 3.05) is 0 Å². The fourth-order valence-electron chi connectivity index (χ4n) is 5.10. The van der Waals surface area contributed by atoms with Crippen LogP contribution < -0.4 is 4.57 Å². The maximum Gasteiger partial charge on any atom is 0.259 e. The van der Waals surface area contributed by atoms with E-state index in [2.05, 4.69) is 84.6 Å². The van der Waals surface area contributed by atoms with Gasteiger partial charge in [-0.15, -0.1) is 0 Å². The summed E-state index contributed by atoms with van der Waals surface area (Å²) in [5.74, 6) is 1.19. The monoisotopic (exact) mass is 417 g/mol. The molecule has 7 aromatic rings. The summed E-state index contributed by atoms with van der Waals surface area (Å²) in [6.07, 6.45) is 1.72. The highest BCUT2D eigenvalue weighted by Crippen LogP contribution is 2.37. The Hall–Kier alpha value is -4.05. The van der Waals surface area contributed by atoms with Gasteiger partial charge in [0.05, 0.1) is 13.3 Å². The van der Waals surface area contributed by atoms with Crippen molar-refractivity contribution in [2.45, 2.75) is 13.8 Å². The number of hydrogen-bond donors (Lipinski definition) is 0. The normalized spacial score (nSPS) is 12.2. The van der Waals surface area contributed by atoms with Crippen molar-refractivity contribution in [1.29, 1.82) is 0 Å². The number of fused-ring (bicyclic) bond motifs is 7. The van der Waals surface area contributed by atoms with E-state index in [1.807, 2.05) is 12.1 Å². The molecule has 0 amide bonds. The van der Waals surface area contributed by atoms with Crippen LogP contribution >= 0.6 is 0 Å². The lowest BCUT2D eigenvalue weighted by Gasteiger charge is -2.04. The Labute approximate surface area is 183 Å². The minimum Gasteiger partial charge on any atom is -0.464 e. The van der Waals surface area contributed by atoms with E-state index in [1.165, 1.54) is 33.5 Å². The van der Waals surface area contributed by atoms with Crippen LogP contribution in [0.2, 0.25) is 0 Å². The van der Waals surface area contributed by atoms with Crippen LogP contribution in [0.1, 0.15) is 11.4 Å². The van der Waals surface area contributed by atoms with Crippen molar-refractivity contribution >= 4 is 54.7 Å². The zero-order chi connectivity index (χ0) is 21.6. The summed E-state index contributed by atoms with van der Waals surface area (Å²) in [5.41, 5.74) is 7.47. The quantitative estimate of drug-likeness (QED) is 0.273. The second-order valence-electron chi connectivity index (χ2n) is 8.64. The van der Waals surface area contributed by atoms with Crippen molar-refractivity contribution in [1.82, 2.24) is 4.57 Å². The SMILES string of the molecule is Cc1ccccc1-n1c(C)[n+](C)c2cc3c(ccc4c5cc6ccoc6cc5oc34)cc21. The van der Waals surface area contributed by atoms with E-state index in [0.717, 1.165) is 38.3 Å². The number of furan rings is 2. The Kier molecular flexibility index (Phi) is 3.31. The summed E-state index contributed by atoms with van der Waals surface area (Å²) in [6, 6.07) is 23.6. The molecule has 0 spiro atoms. The molecule has 4 heteroatoms. The second kappa shape index (κ2) is 6.01. The number of hydrogen-bond acceptors (Lipinski definition) is 2. The Morgan fingerprint density at radius 1 is 0.781 bits per heavy atom. The highest BCUT2D eigenvalue weighted by atomic mass is 16.3. The lowest BCUT2D eigenvalue weighted by atomic mass is 10.0. The third-order valence-electron chi connectivity index (χ3n) is 6.89. The van der Waals surface area contributed by atoms with Crippen molar-refractivity contribution < 1.29 is 13.4 Å². The third-order valence-corrected chi connectivity index (χ3v) is 6.89. The van der Waals surface area contributed by atoms with Gasteiger partial charge in [0.15, 0.2) is 11.0 Å². The number of benzene rings is 4. The van der Waals surface area contributed by atoms with Crippen LogP contribution in [0.15, 0.2) is 81.8 Å². The molecule has 0 bridgehead atoms. The summed E-state index contributed by atoms with van der Waals surface area (Å²) in [4.78, 5) is 0. The summed E-state index contributed by atoms with van der Waals surface area (Å²) in [5, 5.41) is 5.63. The Bertz CT molecular complexity index is 1860. The van der Waals surface area contributed by atoms with Gasteiger partial charge < -0.3 is 8.83 Å². The van der Waals surface area contributed by atoms with Crippen LogP contribution in [0.3, 0.4) is 0 Å². The molecule has 3 heterocycles. The molecule has 7 rings (SSSR count). The summed E-state index contributed by atoms with van der Waals surface area (Å²) < 4.78 is 16.6. The molecular weight excluding hydrogens is 396 g/mol. The van der Waals surface area contributed by atoms with Gasteiger partial charge in [-0.2, -0.15) is 4.57 Å². The van der Waals surface area contributed by atoms with E-state index < -0.39 is 0 Å². The Morgan fingerprint density at radius 3 is 2.53 bits per heavy atom. The van der Waals surface area contributed by atoms with Crippen LogP contribution in [0.25, 0.3) is 60.4 Å². The van der Waals surface area contributed by atoms with E-state index in [9.17, 15) is 0 Å². The molecule has 3 aromatic heterocycles. The fraction of sp³-hybridized carbons (Fsp3) is 0.107. The number of imidazole rings is 1. The van der Waals surface area contributed by atoms with Crippen LogP contribution in [-0.4, -0.2) is 4.57 Å². The van der Waals surface area contributed by atoms with Crippen molar-refractivity contribution in [3.05, 3.63) is 84.4 Å². The maximum absolute atomic E-state index is 6.40. The van der Waals surface area contributed by atoms with Gasteiger partial charge in [0.2, 0.25) is 0 Å². The van der Waals surface area contributed by atoms with Gasteiger partial charge in [-0.05, 0) is 48.2 Å². The maximum atomic E-state index is 6.40. The molecule has 32 heavy (non-hydrogen) atoms. The van der Waals surface area contributed by atoms with Gasteiger partial charge in [0.25, 0.3) is 5.82 Å². The summed E-state index contributed by atoms with van der Waals surface area (Å²) in [7, 11) is 2.13. The average molecular weight is 417 g/mol. The lowest BCUT2D eigenvalue weighted by Crippen LogP contribution is -2.30. The average Bonchev–Trinajstić information content (AvgIpc) is 3.47. The van der Waals surface area contributed by atoms with Crippen molar-refractivity contribution in [2.24, 2.45) is 7.05 Å². The van der Waals surface area contributed by atoms with Gasteiger partial charge >= 0.3 is 0 Å². The number of rotatable bonds is 1. The molecule has 0 aliphatic carbocycles. The van der Waals surface area contributed by atoms with Crippen LogP contribution in [-0.2, 0) is 7.05 Å². The number of nitrogens with zero attached hydrogens (tertiary/aromatic N) is 2. The van der Waals surface area contributed by atoms with Crippen molar-refractivity contribution in [3.63, 3.8) is 0 Å². The first kappa shape index (κ1) is 17.6. The molecule has 4 nitrogen and oxygen atoms in total. The van der Waals surface area contributed by atoms with E-state index in [0.29, 0.717) is 0 Å². The summed E-state index contributed by atoms with van der Waals surface area (Å²) >= 11 is 0. The number of aryl methyl sites for hydroxylation is 2. The van der Waals surface area contributed by atoms with Crippen LogP contribution in [0.5, 0.6) is 0 Å². The van der Waals surface area contributed by atoms with Gasteiger partial charge in [-0.1, -0.05) is 24.3 Å². The third kappa shape index (κ3) is 2.19. The standard InChI is InChI=1S/C28H21N2O2/c1-16-6-4-5-7-23(16)30-17(2)29(3)24-14-21-18(13-25(24)30)8-9-20-22-12-19-10-11-31-26(19)15-27(22)32-28(20)21/h4-15H,1-3H3/q+1. The Balaban J connectivity index is 1.60. The molecule has 0 aliphatic rings. The van der Waals surface area contributed by atoms with Gasteiger partial charge in [0.1, 0.15) is 22.4 Å². The molecule has 0 unspecified atom stereocenters. The van der Waals surface area contributed by atoms with Crippen LogP contribution in [0.4, 0.5) is 0 Å². The smallest absolute Gasteiger partial charge is 0.259 e. The predicted octanol–water partition coefficient (Wildman–Crippen LogP) is 6.87. The zero-order valence-corrected chi connectivity index (χ0v) is 18.1. The molecule has 0 aliphatic heterocycles. The molecule has 4 aromatic carbocycles. The highest BCUT2D eigenvalue weighted by Gasteiger charge is 2.24. The van der Waals surface area contributed by atoms with Gasteiger partial charge in [-0.3, -0.25) is 0 Å². The predicted molar refractivity (Wildman–Crippen MR) is 128 cm³/mol. The molecule has 0 radical (unpaired) electrons.